The van der Waals surface area contributed by atoms with E-state index in [4.69, 9.17) is 0 Å². The second-order valence-electron chi connectivity index (χ2n) is 8.56. The summed E-state index contributed by atoms with van der Waals surface area (Å²) in [6, 6.07) is 13.2. The molecule has 6 nitrogen and oxygen atoms in total. The Labute approximate surface area is 189 Å². The summed E-state index contributed by atoms with van der Waals surface area (Å²) in [5, 5.41) is 10.4. The zero-order chi connectivity index (χ0) is 22.5. The Kier molecular flexibility index (Phi) is 4.50. The zero-order valence-corrected chi connectivity index (χ0v) is 17.8. The van der Waals surface area contributed by atoms with Crippen molar-refractivity contribution in [2.24, 2.45) is 4.99 Å². The van der Waals surface area contributed by atoms with E-state index in [1.807, 2.05) is 16.8 Å². The Morgan fingerprint density at radius 3 is 2.73 bits per heavy atom. The number of fused-ring (bicyclic) bond motifs is 3. The first-order chi connectivity index (χ1) is 16.1. The summed E-state index contributed by atoms with van der Waals surface area (Å²) < 4.78 is 18.4. The van der Waals surface area contributed by atoms with Gasteiger partial charge in [-0.05, 0) is 60.7 Å². The Balaban J connectivity index is 1.45. The van der Waals surface area contributed by atoms with E-state index in [-0.39, 0.29) is 17.4 Å². The molecule has 2 aliphatic rings. The topological polar surface area (TPSA) is 72.4 Å². The number of aliphatic carboxylic acids is 1. The van der Waals surface area contributed by atoms with Gasteiger partial charge in [-0.15, -0.1) is 0 Å². The molecule has 1 unspecified atom stereocenters. The maximum absolute atomic E-state index is 14.2. The van der Waals surface area contributed by atoms with Crippen molar-refractivity contribution in [3.8, 4) is 5.69 Å². The minimum atomic E-state index is -0.997. The van der Waals surface area contributed by atoms with Crippen LogP contribution in [0.2, 0.25) is 0 Å². The first-order valence-electron chi connectivity index (χ1n) is 11.0. The van der Waals surface area contributed by atoms with Crippen LogP contribution in [-0.2, 0) is 17.8 Å². The molecule has 1 aliphatic heterocycles. The summed E-state index contributed by atoms with van der Waals surface area (Å²) >= 11 is 0. The fourth-order valence-corrected chi connectivity index (χ4v) is 5.18. The van der Waals surface area contributed by atoms with Gasteiger partial charge in [0.2, 0.25) is 0 Å². The minimum absolute atomic E-state index is 0.0574. The standard InChI is InChI=1S/C26H21FN4O2/c27-17-6-9-23-21(12-17)19-2-1-3-20(22-13-29-24(22)26(32)33)25(19)31(23)14-16-4-7-18(8-5-16)30-11-10-28-15-30/h4-13,15,20H,1-3,14H2,(H,32,33). The molecule has 3 heterocycles. The van der Waals surface area contributed by atoms with E-state index in [2.05, 4.69) is 38.8 Å². The van der Waals surface area contributed by atoms with Crippen LogP contribution in [0.1, 0.15) is 35.6 Å². The molecule has 33 heavy (non-hydrogen) atoms. The molecule has 6 rings (SSSR count). The quantitative estimate of drug-likeness (QED) is 0.482. The molecular weight excluding hydrogens is 419 g/mol. The van der Waals surface area contributed by atoms with Crippen molar-refractivity contribution >= 4 is 22.6 Å². The predicted octanol–water partition coefficient (Wildman–Crippen LogP) is 4.86. The molecule has 164 valence electrons. The van der Waals surface area contributed by atoms with Gasteiger partial charge in [-0.2, -0.15) is 0 Å². The van der Waals surface area contributed by atoms with Crippen molar-refractivity contribution in [1.29, 1.82) is 0 Å². The molecule has 1 N–H and O–H groups in total. The summed E-state index contributed by atoms with van der Waals surface area (Å²) in [5.74, 6) is -1.31. The maximum Gasteiger partial charge on any atom is 0.354 e. The van der Waals surface area contributed by atoms with Crippen LogP contribution in [0.15, 0.2) is 78.0 Å². The Bertz CT molecular complexity index is 1450. The first-order valence-corrected chi connectivity index (χ1v) is 11.0. The van der Waals surface area contributed by atoms with E-state index in [0.29, 0.717) is 6.54 Å². The van der Waals surface area contributed by atoms with Crippen LogP contribution in [0.4, 0.5) is 4.39 Å². The number of hydrogen-bond acceptors (Lipinski definition) is 3. The summed E-state index contributed by atoms with van der Waals surface area (Å²) in [7, 11) is 0. The lowest BCUT2D eigenvalue weighted by atomic mass is 9.79. The molecule has 2 aromatic heterocycles. The molecule has 0 saturated carbocycles. The number of imidazole rings is 1. The van der Waals surface area contributed by atoms with Gasteiger partial charge >= 0.3 is 5.97 Å². The van der Waals surface area contributed by atoms with Gasteiger partial charge in [0.15, 0.2) is 5.71 Å². The van der Waals surface area contributed by atoms with E-state index >= 15 is 0 Å². The number of carboxylic acids is 1. The number of aliphatic imine (C=N–C) groups is 1. The minimum Gasteiger partial charge on any atom is -0.477 e. The highest BCUT2D eigenvalue weighted by Gasteiger charge is 2.36. The SMILES string of the molecule is O=C(O)C1=NC=C1C1CCCc2c1n(Cc1ccc(-n3ccnc3)cc1)c1ccc(F)cc21. The average Bonchev–Trinajstić information content (AvgIpc) is 3.41. The van der Waals surface area contributed by atoms with Gasteiger partial charge in [-0.3, -0.25) is 0 Å². The fraction of sp³-hybridized carbons (Fsp3) is 0.192. The summed E-state index contributed by atoms with van der Waals surface area (Å²) in [5.41, 5.74) is 6.22. The lowest BCUT2D eigenvalue weighted by Crippen LogP contribution is -2.28. The molecular formula is C26H21FN4O2. The van der Waals surface area contributed by atoms with Crippen LogP contribution in [0.3, 0.4) is 0 Å². The van der Waals surface area contributed by atoms with E-state index in [0.717, 1.165) is 58.2 Å². The summed E-state index contributed by atoms with van der Waals surface area (Å²) in [6.07, 6.45) is 9.71. The monoisotopic (exact) mass is 440 g/mol. The Morgan fingerprint density at radius 1 is 1.18 bits per heavy atom. The van der Waals surface area contributed by atoms with Gasteiger partial charge in [0, 0.05) is 58.9 Å². The van der Waals surface area contributed by atoms with Gasteiger partial charge < -0.3 is 14.2 Å². The number of carbonyl (C=O) groups is 1. The van der Waals surface area contributed by atoms with Gasteiger partial charge in [-0.25, -0.2) is 19.2 Å². The smallest absolute Gasteiger partial charge is 0.354 e. The van der Waals surface area contributed by atoms with E-state index in [9.17, 15) is 14.3 Å². The number of rotatable bonds is 5. The van der Waals surface area contributed by atoms with Crippen LogP contribution in [0.25, 0.3) is 16.6 Å². The second kappa shape index (κ2) is 7.55. The fourth-order valence-electron chi connectivity index (χ4n) is 5.18. The van der Waals surface area contributed by atoms with Crippen molar-refractivity contribution in [3.63, 3.8) is 0 Å². The summed E-state index contributed by atoms with van der Waals surface area (Å²) in [6.45, 7) is 0.616. The third kappa shape index (κ3) is 3.19. The van der Waals surface area contributed by atoms with Gasteiger partial charge in [0.1, 0.15) is 5.82 Å². The molecule has 0 bridgehead atoms. The normalized spacial score (nSPS) is 17.3. The molecule has 0 radical (unpaired) electrons. The highest BCUT2D eigenvalue weighted by molar-refractivity contribution is 6.44. The lowest BCUT2D eigenvalue weighted by molar-refractivity contribution is -0.129. The molecule has 0 spiro atoms. The van der Waals surface area contributed by atoms with Crippen molar-refractivity contribution in [2.45, 2.75) is 31.7 Å². The van der Waals surface area contributed by atoms with Crippen LogP contribution >= 0.6 is 0 Å². The average molecular weight is 440 g/mol. The molecule has 1 aliphatic carbocycles. The number of carboxylic acid groups (broad SMARTS) is 1. The Morgan fingerprint density at radius 2 is 2.03 bits per heavy atom. The number of aromatic nitrogens is 3. The zero-order valence-electron chi connectivity index (χ0n) is 17.8. The summed E-state index contributed by atoms with van der Waals surface area (Å²) in [4.78, 5) is 19.7. The lowest BCUT2D eigenvalue weighted by Gasteiger charge is -2.29. The number of benzene rings is 2. The first kappa shape index (κ1) is 19.7. The maximum atomic E-state index is 14.2. The van der Waals surface area contributed by atoms with E-state index in [1.165, 1.54) is 6.07 Å². The van der Waals surface area contributed by atoms with Crippen LogP contribution in [-0.4, -0.2) is 30.9 Å². The molecule has 0 saturated heterocycles. The third-order valence-electron chi connectivity index (χ3n) is 6.69. The van der Waals surface area contributed by atoms with Gasteiger partial charge in [0.25, 0.3) is 0 Å². The van der Waals surface area contributed by atoms with Crippen LogP contribution in [0.5, 0.6) is 0 Å². The van der Waals surface area contributed by atoms with Gasteiger partial charge in [-0.1, -0.05) is 12.1 Å². The van der Waals surface area contributed by atoms with Crippen molar-refractivity contribution in [1.82, 2.24) is 14.1 Å². The molecule has 1 atom stereocenters. The van der Waals surface area contributed by atoms with Crippen molar-refractivity contribution in [2.75, 3.05) is 0 Å². The van der Waals surface area contributed by atoms with Crippen molar-refractivity contribution < 1.29 is 14.3 Å². The van der Waals surface area contributed by atoms with E-state index < -0.39 is 5.97 Å². The molecule has 4 aromatic rings. The molecule has 2 aromatic carbocycles. The van der Waals surface area contributed by atoms with Crippen LogP contribution in [0, 0.1) is 5.82 Å². The van der Waals surface area contributed by atoms with E-state index in [1.54, 1.807) is 24.8 Å². The van der Waals surface area contributed by atoms with Crippen molar-refractivity contribution in [3.05, 3.63) is 95.6 Å². The number of halogens is 1. The highest BCUT2D eigenvalue weighted by atomic mass is 19.1. The number of hydrogen-bond donors (Lipinski definition) is 1. The second-order valence-corrected chi connectivity index (χ2v) is 8.56. The largest absolute Gasteiger partial charge is 0.477 e. The number of aryl methyl sites for hydroxylation is 1. The van der Waals surface area contributed by atoms with Gasteiger partial charge in [0.05, 0.1) is 6.33 Å². The third-order valence-corrected chi connectivity index (χ3v) is 6.69. The highest BCUT2D eigenvalue weighted by Crippen LogP contribution is 2.44. The number of nitrogens with zero attached hydrogens (tertiary/aromatic N) is 4. The Hall–Kier alpha value is -4.00. The predicted molar refractivity (Wildman–Crippen MR) is 123 cm³/mol. The molecule has 0 amide bonds. The molecule has 0 fully saturated rings. The van der Waals surface area contributed by atoms with Crippen LogP contribution < -0.4 is 0 Å². The molecule has 7 heteroatoms.